The summed E-state index contributed by atoms with van der Waals surface area (Å²) in [5.74, 6) is 0.733. The zero-order chi connectivity index (χ0) is 12.3. The number of nitrogens with zero attached hydrogens (tertiary/aromatic N) is 2. The van der Waals surface area contributed by atoms with E-state index in [1.807, 2.05) is 18.2 Å². The summed E-state index contributed by atoms with van der Waals surface area (Å²) in [5, 5.41) is 0. The Kier molecular flexibility index (Phi) is 3.64. The van der Waals surface area contributed by atoms with Crippen molar-refractivity contribution in [1.29, 1.82) is 0 Å². The van der Waals surface area contributed by atoms with Gasteiger partial charge in [-0.25, -0.2) is 4.98 Å². The molecule has 92 valence electrons. The summed E-state index contributed by atoms with van der Waals surface area (Å²) >= 11 is 0. The first kappa shape index (κ1) is 11.9. The average molecular weight is 233 g/mol. The molecule has 0 spiro atoms. The molecule has 0 aliphatic rings. The number of nitrogens with two attached hydrogens (primary N) is 1. The minimum Gasteiger partial charge on any atom is -0.439 e. The molecule has 0 radical (unpaired) electrons. The van der Waals surface area contributed by atoms with Gasteiger partial charge in [-0.3, -0.25) is 4.90 Å². The van der Waals surface area contributed by atoms with E-state index in [0.29, 0.717) is 5.69 Å². The van der Waals surface area contributed by atoms with Gasteiger partial charge in [0.05, 0.1) is 12.2 Å². The molecule has 1 heterocycles. The summed E-state index contributed by atoms with van der Waals surface area (Å²) in [4.78, 5) is 6.64. The standard InChI is InChI=1S/C13H19N3O/c1-3-4-8-16(2)9-12-15-13-10(14)6-5-7-11(13)17-12/h5-7H,3-4,8-9,14H2,1-2H3. The average Bonchev–Trinajstić information content (AvgIpc) is 2.70. The van der Waals surface area contributed by atoms with Gasteiger partial charge in [0, 0.05) is 0 Å². The Hall–Kier alpha value is -1.55. The van der Waals surface area contributed by atoms with Crippen LogP contribution in [0.2, 0.25) is 0 Å². The van der Waals surface area contributed by atoms with E-state index in [2.05, 4.69) is 23.9 Å². The topological polar surface area (TPSA) is 55.3 Å². The van der Waals surface area contributed by atoms with Gasteiger partial charge in [0.15, 0.2) is 5.58 Å². The van der Waals surface area contributed by atoms with Crippen molar-refractivity contribution in [2.75, 3.05) is 19.3 Å². The van der Waals surface area contributed by atoms with E-state index < -0.39 is 0 Å². The van der Waals surface area contributed by atoms with Crippen LogP contribution in [-0.2, 0) is 6.54 Å². The summed E-state index contributed by atoms with van der Waals surface area (Å²) in [5.41, 5.74) is 8.06. The van der Waals surface area contributed by atoms with Crippen LogP contribution in [-0.4, -0.2) is 23.5 Å². The molecule has 0 saturated heterocycles. The fourth-order valence-electron chi connectivity index (χ4n) is 1.82. The van der Waals surface area contributed by atoms with Crippen LogP contribution in [0.1, 0.15) is 25.7 Å². The Morgan fingerprint density at radius 3 is 2.94 bits per heavy atom. The molecule has 0 saturated carbocycles. The first-order chi connectivity index (χ1) is 8.20. The highest BCUT2D eigenvalue weighted by Crippen LogP contribution is 2.21. The second-order valence-corrected chi connectivity index (χ2v) is 4.39. The number of hydrogen-bond donors (Lipinski definition) is 1. The van der Waals surface area contributed by atoms with Crippen LogP contribution in [0.3, 0.4) is 0 Å². The fraction of sp³-hybridized carbons (Fsp3) is 0.462. The molecular formula is C13H19N3O. The second kappa shape index (κ2) is 5.19. The molecule has 0 bridgehead atoms. The highest BCUT2D eigenvalue weighted by atomic mass is 16.3. The summed E-state index contributed by atoms with van der Waals surface area (Å²) in [7, 11) is 2.08. The Morgan fingerprint density at radius 2 is 2.24 bits per heavy atom. The van der Waals surface area contributed by atoms with E-state index in [-0.39, 0.29) is 0 Å². The molecule has 1 aromatic heterocycles. The van der Waals surface area contributed by atoms with Crippen molar-refractivity contribution >= 4 is 16.8 Å². The zero-order valence-electron chi connectivity index (χ0n) is 10.4. The van der Waals surface area contributed by atoms with Crippen LogP contribution in [0.25, 0.3) is 11.1 Å². The predicted octanol–water partition coefficient (Wildman–Crippen LogP) is 2.64. The van der Waals surface area contributed by atoms with Crippen molar-refractivity contribution in [1.82, 2.24) is 9.88 Å². The molecular weight excluding hydrogens is 214 g/mol. The molecule has 4 nitrogen and oxygen atoms in total. The summed E-state index contributed by atoms with van der Waals surface area (Å²) in [6, 6.07) is 5.62. The molecule has 0 fully saturated rings. The minimum atomic E-state index is 0.675. The number of rotatable bonds is 5. The Morgan fingerprint density at radius 1 is 1.41 bits per heavy atom. The number of aromatic nitrogens is 1. The molecule has 0 amide bonds. The molecule has 0 atom stereocenters. The van der Waals surface area contributed by atoms with Crippen LogP contribution >= 0.6 is 0 Å². The fourth-order valence-corrected chi connectivity index (χ4v) is 1.82. The van der Waals surface area contributed by atoms with Gasteiger partial charge in [0.2, 0.25) is 5.89 Å². The number of fused-ring (bicyclic) bond motifs is 1. The molecule has 1 aromatic carbocycles. The minimum absolute atomic E-state index is 0.675. The van der Waals surface area contributed by atoms with Gasteiger partial charge in [0.1, 0.15) is 5.52 Å². The summed E-state index contributed by atoms with van der Waals surface area (Å²) < 4.78 is 5.67. The highest BCUT2D eigenvalue weighted by molar-refractivity contribution is 5.85. The monoisotopic (exact) mass is 233 g/mol. The number of unbranched alkanes of at least 4 members (excludes halogenated alkanes) is 1. The van der Waals surface area contributed by atoms with Crippen LogP contribution < -0.4 is 5.73 Å². The van der Waals surface area contributed by atoms with Crippen molar-refractivity contribution in [3.05, 3.63) is 24.1 Å². The molecule has 0 aliphatic heterocycles. The van der Waals surface area contributed by atoms with Gasteiger partial charge < -0.3 is 10.2 Å². The van der Waals surface area contributed by atoms with Gasteiger partial charge in [-0.2, -0.15) is 0 Å². The largest absolute Gasteiger partial charge is 0.439 e. The predicted molar refractivity (Wildman–Crippen MR) is 69.7 cm³/mol. The lowest BCUT2D eigenvalue weighted by Crippen LogP contribution is -2.19. The maximum atomic E-state index is 5.84. The molecule has 4 heteroatoms. The van der Waals surface area contributed by atoms with Crippen molar-refractivity contribution < 1.29 is 4.42 Å². The van der Waals surface area contributed by atoms with E-state index in [1.165, 1.54) is 12.8 Å². The van der Waals surface area contributed by atoms with E-state index in [4.69, 9.17) is 10.2 Å². The molecule has 0 aliphatic carbocycles. The maximum absolute atomic E-state index is 5.84. The smallest absolute Gasteiger partial charge is 0.209 e. The Labute approximate surface area is 101 Å². The number of para-hydroxylation sites is 1. The zero-order valence-corrected chi connectivity index (χ0v) is 10.4. The third kappa shape index (κ3) is 2.77. The second-order valence-electron chi connectivity index (χ2n) is 4.39. The van der Waals surface area contributed by atoms with Gasteiger partial charge in [-0.05, 0) is 32.1 Å². The normalized spacial score (nSPS) is 11.5. The summed E-state index contributed by atoms with van der Waals surface area (Å²) in [6.45, 7) is 3.98. The van der Waals surface area contributed by atoms with Crippen molar-refractivity contribution in [3.63, 3.8) is 0 Å². The summed E-state index contributed by atoms with van der Waals surface area (Å²) in [6.07, 6.45) is 2.39. The number of benzene rings is 1. The van der Waals surface area contributed by atoms with E-state index in [9.17, 15) is 0 Å². The van der Waals surface area contributed by atoms with Crippen LogP contribution in [0, 0.1) is 0 Å². The molecule has 2 N–H and O–H groups in total. The van der Waals surface area contributed by atoms with E-state index >= 15 is 0 Å². The Balaban J connectivity index is 2.11. The molecule has 2 rings (SSSR count). The highest BCUT2D eigenvalue weighted by Gasteiger charge is 2.09. The van der Waals surface area contributed by atoms with Crippen molar-refractivity contribution in [2.45, 2.75) is 26.3 Å². The van der Waals surface area contributed by atoms with Crippen molar-refractivity contribution in [3.8, 4) is 0 Å². The molecule has 2 aromatic rings. The first-order valence-electron chi connectivity index (χ1n) is 6.03. The third-order valence-electron chi connectivity index (χ3n) is 2.79. The lowest BCUT2D eigenvalue weighted by molar-refractivity contribution is 0.288. The van der Waals surface area contributed by atoms with Gasteiger partial charge in [-0.15, -0.1) is 0 Å². The van der Waals surface area contributed by atoms with Crippen LogP contribution in [0.4, 0.5) is 5.69 Å². The number of anilines is 1. The first-order valence-corrected chi connectivity index (χ1v) is 6.03. The number of hydrogen-bond acceptors (Lipinski definition) is 4. The van der Waals surface area contributed by atoms with E-state index in [1.54, 1.807) is 0 Å². The maximum Gasteiger partial charge on any atom is 0.209 e. The van der Waals surface area contributed by atoms with Crippen LogP contribution in [0.5, 0.6) is 0 Å². The van der Waals surface area contributed by atoms with Crippen LogP contribution in [0.15, 0.2) is 22.6 Å². The number of nitrogen functional groups attached to an aromatic ring is 1. The quantitative estimate of drug-likeness (QED) is 0.807. The lowest BCUT2D eigenvalue weighted by atomic mass is 10.3. The molecule has 17 heavy (non-hydrogen) atoms. The number of oxazole rings is 1. The lowest BCUT2D eigenvalue weighted by Gasteiger charge is -2.12. The van der Waals surface area contributed by atoms with E-state index in [0.717, 1.165) is 30.1 Å². The van der Waals surface area contributed by atoms with Gasteiger partial charge in [-0.1, -0.05) is 19.4 Å². The third-order valence-corrected chi connectivity index (χ3v) is 2.79. The van der Waals surface area contributed by atoms with Gasteiger partial charge in [0.25, 0.3) is 0 Å². The van der Waals surface area contributed by atoms with Gasteiger partial charge >= 0.3 is 0 Å². The molecule has 0 unspecified atom stereocenters. The van der Waals surface area contributed by atoms with Crippen molar-refractivity contribution in [2.24, 2.45) is 0 Å². The Bertz CT molecular complexity index is 492. The SMILES string of the molecule is CCCCN(C)Cc1nc2c(N)cccc2o1.